The molecule has 0 unspecified atom stereocenters. The van der Waals surface area contributed by atoms with Gasteiger partial charge in [-0.1, -0.05) is 25.1 Å². The van der Waals surface area contributed by atoms with Crippen LogP contribution in [0, 0.1) is 12.3 Å². The summed E-state index contributed by atoms with van der Waals surface area (Å²) in [6, 6.07) is 7.53. The van der Waals surface area contributed by atoms with Crippen LogP contribution in [0.25, 0.3) is 10.9 Å². The Balaban J connectivity index is 1.92. The number of benzene rings is 1. The molecule has 1 aliphatic heterocycles. The molecule has 2 aromatic rings. The molecule has 0 spiro atoms. The molecule has 2 heterocycles. The first-order valence-electron chi connectivity index (χ1n) is 8.53. The summed E-state index contributed by atoms with van der Waals surface area (Å²) in [5.74, 6) is -0.206. The van der Waals surface area contributed by atoms with Crippen LogP contribution in [-0.2, 0) is 0 Å². The van der Waals surface area contributed by atoms with Gasteiger partial charge in [-0.2, -0.15) is 0 Å². The van der Waals surface area contributed by atoms with Crippen LogP contribution in [0.1, 0.15) is 42.1 Å². The maximum absolute atomic E-state index is 12.9. The molecule has 5 nitrogen and oxygen atoms in total. The third kappa shape index (κ3) is 2.73. The molecule has 0 saturated carbocycles. The molecule has 1 aromatic carbocycles. The van der Waals surface area contributed by atoms with Crippen LogP contribution in [0.5, 0.6) is 0 Å². The number of pyridine rings is 1. The lowest BCUT2D eigenvalue weighted by molar-refractivity contribution is 0.0337. The smallest absolute Gasteiger partial charge is 0.261 e. The Morgan fingerprint density at radius 1 is 1.29 bits per heavy atom. The van der Waals surface area contributed by atoms with Gasteiger partial charge < -0.3 is 15.0 Å². The number of rotatable bonds is 3. The summed E-state index contributed by atoms with van der Waals surface area (Å²) in [6.07, 6.45) is 2.45. The minimum absolute atomic E-state index is 0.0817. The number of fused-ring (bicyclic) bond motifs is 1. The number of amides is 1. The number of nitrogens with zero attached hydrogens (tertiary/aromatic N) is 1. The summed E-state index contributed by atoms with van der Waals surface area (Å²) in [5, 5.41) is 10.5. The molecule has 1 aromatic heterocycles. The van der Waals surface area contributed by atoms with Gasteiger partial charge in [0.05, 0.1) is 0 Å². The van der Waals surface area contributed by atoms with Crippen molar-refractivity contribution in [2.75, 3.05) is 19.7 Å². The largest absolute Gasteiger partial charge is 0.396 e. The second-order valence-corrected chi connectivity index (χ2v) is 6.80. The van der Waals surface area contributed by atoms with Gasteiger partial charge in [-0.15, -0.1) is 0 Å². The molecular weight excluding hydrogens is 304 g/mol. The molecule has 1 fully saturated rings. The van der Waals surface area contributed by atoms with E-state index in [1.54, 1.807) is 4.90 Å². The van der Waals surface area contributed by atoms with Crippen molar-refractivity contribution in [3.8, 4) is 0 Å². The van der Waals surface area contributed by atoms with Gasteiger partial charge in [-0.05, 0) is 43.2 Å². The molecular formula is C19H24N2O3. The average Bonchev–Trinajstić information content (AvgIpc) is 2.61. The fourth-order valence-electron chi connectivity index (χ4n) is 3.63. The predicted octanol–water partition coefficient (Wildman–Crippen LogP) is 2.46. The molecule has 1 aliphatic rings. The lowest BCUT2D eigenvalue weighted by Gasteiger charge is -2.40. The number of H-pyrrole nitrogens is 1. The highest BCUT2D eigenvalue weighted by Gasteiger charge is 2.35. The van der Waals surface area contributed by atoms with E-state index >= 15 is 0 Å². The van der Waals surface area contributed by atoms with E-state index in [1.165, 1.54) is 0 Å². The number of para-hydroxylation sites is 1. The van der Waals surface area contributed by atoms with Crippen LogP contribution in [0.3, 0.4) is 0 Å². The van der Waals surface area contributed by atoms with Crippen LogP contribution in [0.15, 0.2) is 29.1 Å². The van der Waals surface area contributed by atoms with Crippen molar-refractivity contribution in [3.63, 3.8) is 0 Å². The van der Waals surface area contributed by atoms with Crippen LogP contribution in [0.4, 0.5) is 0 Å². The molecule has 1 saturated heterocycles. The SMILES string of the molecule is CCC1(CO)CCN(C(=O)c2c(C)c3ccccc3[nH]c2=O)CC1. The predicted molar refractivity (Wildman–Crippen MR) is 94.3 cm³/mol. The number of carbonyl (C=O) groups excluding carboxylic acids is 1. The van der Waals surface area contributed by atoms with Crippen molar-refractivity contribution in [2.24, 2.45) is 5.41 Å². The van der Waals surface area contributed by atoms with E-state index in [4.69, 9.17) is 0 Å². The van der Waals surface area contributed by atoms with E-state index in [9.17, 15) is 14.7 Å². The third-order valence-corrected chi connectivity index (χ3v) is 5.59. The van der Waals surface area contributed by atoms with Crippen LogP contribution in [0.2, 0.25) is 0 Å². The highest BCUT2D eigenvalue weighted by molar-refractivity contribution is 5.99. The molecule has 0 aliphatic carbocycles. The lowest BCUT2D eigenvalue weighted by atomic mass is 9.77. The van der Waals surface area contributed by atoms with Gasteiger partial charge in [0.1, 0.15) is 5.56 Å². The lowest BCUT2D eigenvalue weighted by Crippen LogP contribution is -2.45. The number of hydrogen-bond donors (Lipinski definition) is 2. The number of aromatic nitrogens is 1. The summed E-state index contributed by atoms with van der Waals surface area (Å²) in [6.45, 7) is 5.23. The van der Waals surface area contributed by atoms with E-state index in [-0.39, 0.29) is 29.1 Å². The number of carbonyl (C=O) groups is 1. The fourth-order valence-corrected chi connectivity index (χ4v) is 3.63. The van der Waals surface area contributed by atoms with E-state index in [0.717, 1.165) is 35.7 Å². The van der Waals surface area contributed by atoms with Crippen LogP contribution in [-0.4, -0.2) is 40.6 Å². The van der Waals surface area contributed by atoms with Crippen molar-refractivity contribution >= 4 is 16.8 Å². The molecule has 0 atom stereocenters. The van der Waals surface area contributed by atoms with E-state index < -0.39 is 0 Å². The summed E-state index contributed by atoms with van der Waals surface area (Å²) in [7, 11) is 0. The van der Waals surface area contributed by atoms with Crippen LogP contribution < -0.4 is 5.56 Å². The molecule has 2 N–H and O–H groups in total. The van der Waals surface area contributed by atoms with Gasteiger partial charge in [0, 0.05) is 30.6 Å². The highest BCUT2D eigenvalue weighted by atomic mass is 16.3. The number of nitrogens with one attached hydrogen (secondary N) is 1. The summed E-state index contributed by atoms with van der Waals surface area (Å²) in [5.41, 5.74) is 1.31. The second-order valence-electron chi connectivity index (χ2n) is 6.80. The van der Waals surface area contributed by atoms with Crippen molar-refractivity contribution in [1.82, 2.24) is 9.88 Å². The standard InChI is InChI=1S/C19H24N2O3/c1-3-19(12-22)8-10-21(11-9-19)18(24)16-13(2)14-6-4-5-7-15(14)20-17(16)23/h4-7,22H,3,8-12H2,1-2H3,(H,20,23). The van der Waals surface area contributed by atoms with E-state index in [0.29, 0.717) is 13.1 Å². The Morgan fingerprint density at radius 2 is 1.96 bits per heavy atom. The number of aliphatic hydroxyl groups is 1. The Morgan fingerprint density at radius 3 is 2.58 bits per heavy atom. The maximum atomic E-state index is 12.9. The van der Waals surface area contributed by atoms with Gasteiger partial charge in [-0.3, -0.25) is 9.59 Å². The minimum Gasteiger partial charge on any atom is -0.396 e. The first kappa shape index (κ1) is 16.7. The van der Waals surface area contributed by atoms with Crippen molar-refractivity contribution < 1.29 is 9.90 Å². The Kier molecular flexibility index (Phi) is 4.45. The van der Waals surface area contributed by atoms with Crippen molar-refractivity contribution in [1.29, 1.82) is 0 Å². The fraction of sp³-hybridized carbons (Fsp3) is 0.474. The molecule has 128 valence electrons. The number of likely N-dealkylation sites (tertiary alicyclic amines) is 1. The van der Waals surface area contributed by atoms with Crippen LogP contribution >= 0.6 is 0 Å². The number of aryl methyl sites for hydroxylation is 1. The summed E-state index contributed by atoms with van der Waals surface area (Å²) < 4.78 is 0. The van der Waals surface area contributed by atoms with E-state index in [2.05, 4.69) is 11.9 Å². The Labute approximate surface area is 141 Å². The number of piperidine rings is 1. The molecule has 3 rings (SSSR count). The molecule has 24 heavy (non-hydrogen) atoms. The average molecular weight is 328 g/mol. The van der Waals surface area contributed by atoms with Gasteiger partial charge in [0.2, 0.25) is 0 Å². The second kappa shape index (κ2) is 6.40. The van der Waals surface area contributed by atoms with Gasteiger partial charge in [-0.25, -0.2) is 0 Å². The Bertz CT molecular complexity index is 811. The highest BCUT2D eigenvalue weighted by Crippen LogP contribution is 2.34. The zero-order valence-corrected chi connectivity index (χ0v) is 14.3. The van der Waals surface area contributed by atoms with E-state index in [1.807, 2.05) is 31.2 Å². The summed E-state index contributed by atoms with van der Waals surface area (Å²) >= 11 is 0. The molecule has 5 heteroatoms. The van der Waals surface area contributed by atoms with Gasteiger partial charge in [0.25, 0.3) is 11.5 Å². The molecule has 0 bridgehead atoms. The zero-order chi connectivity index (χ0) is 17.3. The first-order valence-corrected chi connectivity index (χ1v) is 8.53. The van der Waals surface area contributed by atoms with Crippen molar-refractivity contribution in [2.45, 2.75) is 33.1 Å². The maximum Gasteiger partial charge on any atom is 0.261 e. The van der Waals surface area contributed by atoms with Gasteiger partial charge in [0.15, 0.2) is 0 Å². The third-order valence-electron chi connectivity index (χ3n) is 5.59. The topological polar surface area (TPSA) is 73.4 Å². The Hall–Kier alpha value is -2.14. The molecule has 1 amide bonds. The minimum atomic E-state index is -0.328. The first-order chi connectivity index (χ1) is 11.5. The monoisotopic (exact) mass is 328 g/mol. The quantitative estimate of drug-likeness (QED) is 0.909. The normalized spacial score (nSPS) is 17.2. The summed E-state index contributed by atoms with van der Waals surface area (Å²) in [4.78, 5) is 29.9. The van der Waals surface area contributed by atoms with Gasteiger partial charge >= 0.3 is 0 Å². The number of aromatic amines is 1. The number of hydrogen-bond acceptors (Lipinski definition) is 3. The molecule has 0 radical (unpaired) electrons. The van der Waals surface area contributed by atoms with Crippen molar-refractivity contribution in [3.05, 3.63) is 45.7 Å². The zero-order valence-electron chi connectivity index (χ0n) is 14.3. The number of aliphatic hydroxyl groups excluding tert-OH is 1.